The summed E-state index contributed by atoms with van der Waals surface area (Å²) in [5.74, 6) is 0. The van der Waals surface area contributed by atoms with Crippen molar-refractivity contribution in [2.75, 3.05) is 0 Å². The van der Waals surface area contributed by atoms with Crippen LogP contribution in [0.15, 0.2) is 79.4 Å². The Morgan fingerprint density at radius 1 is 0.969 bits per heavy atom. The summed E-state index contributed by atoms with van der Waals surface area (Å²) in [6.45, 7) is 4.91. The molecule has 0 amide bonds. The van der Waals surface area contributed by atoms with Crippen LogP contribution in [-0.4, -0.2) is 29.5 Å². The molecule has 4 aromatic heterocycles. The standard InChI is InChI=1S/C25H24N6S/c1-17-14-21(18(2)31(17)20-9-7-11-26-15-20)24-23(22-10-4-6-13-28-22)29-25(32)30(24)16-19-8-3-5-12-27-19/h3-15,23-24H,16H2,1-2H3,(H,29,32)/t23-,24-/m1/s1. The first-order chi connectivity index (χ1) is 15.6. The molecule has 0 spiro atoms. The summed E-state index contributed by atoms with van der Waals surface area (Å²) in [5.41, 5.74) is 6.52. The first kappa shape index (κ1) is 20.3. The molecule has 2 atom stereocenters. The molecular formula is C25H24N6S. The van der Waals surface area contributed by atoms with E-state index in [1.165, 1.54) is 11.3 Å². The third kappa shape index (κ3) is 3.65. The zero-order chi connectivity index (χ0) is 22.1. The maximum Gasteiger partial charge on any atom is 0.170 e. The van der Waals surface area contributed by atoms with Gasteiger partial charge < -0.3 is 14.8 Å². The molecule has 1 saturated heterocycles. The molecule has 1 fully saturated rings. The van der Waals surface area contributed by atoms with Crippen LogP contribution in [0.25, 0.3) is 5.69 Å². The molecule has 0 radical (unpaired) electrons. The Balaban J connectivity index is 1.62. The molecule has 160 valence electrons. The summed E-state index contributed by atoms with van der Waals surface area (Å²) in [4.78, 5) is 15.7. The van der Waals surface area contributed by atoms with Gasteiger partial charge in [-0.2, -0.15) is 0 Å². The largest absolute Gasteiger partial charge is 0.352 e. The number of aryl methyl sites for hydroxylation is 1. The topological polar surface area (TPSA) is 58.9 Å². The zero-order valence-electron chi connectivity index (χ0n) is 18.0. The van der Waals surface area contributed by atoms with Gasteiger partial charge in [0.25, 0.3) is 0 Å². The molecular weight excluding hydrogens is 416 g/mol. The van der Waals surface area contributed by atoms with E-state index in [4.69, 9.17) is 12.2 Å². The van der Waals surface area contributed by atoms with Crippen molar-refractivity contribution in [3.05, 3.63) is 108 Å². The second-order valence-corrected chi connectivity index (χ2v) is 8.34. The van der Waals surface area contributed by atoms with Crippen LogP contribution in [0.4, 0.5) is 0 Å². The van der Waals surface area contributed by atoms with Crippen LogP contribution >= 0.6 is 12.2 Å². The van der Waals surface area contributed by atoms with Crippen LogP contribution in [0.5, 0.6) is 0 Å². The van der Waals surface area contributed by atoms with Crippen LogP contribution in [-0.2, 0) is 6.54 Å². The van der Waals surface area contributed by atoms with E-state index < -0.39 is 0 Å². The highest BCUT2D eigenvalue weighted by molar-refractivity contribution is 7.80. The maximum atomic E-state index is 5.81. The van der Waals surface area contributed by atoms with Gasteiger partial charge in [0.2, 0.25) is 0 Å². The molecule has 0 aliphatic carbocycles. The van der Waals surface area contributed by atoms with Crippen LogP contribution in [0.1, 0.15) is 40.4 Å². The number of hydrogen-bond acceptors (Lipinski definition) is 4. The molecule has 32 heavy (non-hydrogen) atoms. The van der Waals surface area contributed by atoms with Gasteiger partial charge in [-0.15, -0.1) is 0 Å². The fraction of sp³-hybridized carbons (Fsp3) is 0.200. The lowest BCUT2D eigenvalue weighted by molar-refractivity contribution is 0.307. The van der Waals surface area contributed by atoms with E-state index in [2.05, 4.69) is 61.8 Å². The highest BCUT2D eigenvalue weighted by Gasteiger charge is 2.41. The Kier molecular flexibility index (Phi) is 5.41. The van der Waals surface area contributed by atoms with E-state index in [9.17, 15) is 0 Å². The van der Waals surface area contributed by atoms with Crippen molar-refractivity contribution in [3.8, 4) is 5.69 Å². The third-order valence-electron chi connectivity index (χ3n) is 5.95. The summed E-state index contributed by atoms with van der Waals surface area (Å²) >= 11 is 5.81. The lowest BCUT2D eigenvalue weighted by atomic mass is 9.96. The van der Waals surface area contributed by atoms with Crippen molar-refractivity contribution in [3.63, 3.8) is 0 Å². The Hall–Kier alpha value is -3.58. The third-order valence-corrected chi connectivity index (χ3v) is 6.30. The minimum absolute atomic E-state index is 0.0176. The van der Waals surface area contributed by atoms with Gasteiger partial charge in [0.15, 0.2) is 5.11 Å². The molecule has 4 aromatic rings. The number of rotatable bonds is 5. The average Bonchev–Trinajstić information content (AvgIpc) is 3.30. The molecule has 0 aromatic carbocycles. The smallest absolute Gasteiger partial charge is 0.170 e. The van der Waals surface area contributed by atoms with E-state index in [0.717, 1.165) is 22.8 Å². The highest BCUT2D eigenvalue weighted by atomic mass is 32.1. The molecule has 1 aliphatic rings. The fourth-order valence-corrected chi connectivity index (χ4v) is 4.86. The number of nitrogens with zero attached hydrogens (tertiary/aromatic N) is 5. The van der Waals surface area contributed by atoms with Gasteiger partial charge in [-0.3, -0.25) is 15.0 Å². The monoisotopic (exact) mass is 440 g/mol. The molecule has 5 heterocycles. The van der Waals surface area contributed by atoms with Gasteiger partial charge in [-0.1, -0.05) is 12.1 Å². The first-order valence-corrected chi connectivity index (χ1v) is 11.0. The summed E-state index contributed by atoms with van der Waals surface area (Å²) in [5, 5.41) is 4.24. The van der Waals surface area contributed by atoms with Gasteiger partial charge in [0.1, 0.15) is 0 Å². The molecule has 5 rings (SSSR count). The van der Waals surface area contributed by atoms with Crippen LogP contribution in [0, 0.1) is 13.8 Å². The lowest BCUT2D eigenvalue weighted by Crippen LogP contribution is -2.29. The second-order valence-electron chi connectivity index (χ2n) is 7.95. The van der Waals surface area contributed by atoms with Crippen molar-refractivity contribution in [2.45, 2.75) is 32.5 Å². The number of pyridine rings is 3. The van der Waals surface area contributed by atoms with E-state index in [1.807, 2.05) is 55.0 Å². The Labute approximate surface area is 193 Å². The molecule has 0 saturated carbocycles. The number of thiocarbonyl (C=S) groups is 1. The Morgan fingerprint density at radius 3 is 2.47 bits per heavy atom. The predicted molar refractivity (Wildman–Crippen MR) is 128 cm³/mol. The van der Waals surface area contributed by atoms with Crippen molar-refractivity contribution in [1.82, 2.24) is 29.7 Å². The van der Waals surface area contributed by atoms with E-state index in [0.29, 0.717) is 11.7 Å². The van der Waals surface area contributed by atoms with Crippen LogP contribution in [0.2, 0.25) is 0 Å². The quantitative estimate of drug-likeness (QED) is 0.463. The van der Waals surface area contributed by atoms with Crippen molar-refractivity contribution in [2.24, 2.45) is 0 Å². The van der Waals surface area contributed by atoms with Crippen LogP contribution in [0.3, 0.4) is 0 Å². The summed E-state index contributed by atoms with van der Waals surface area (Å²) in [6.07, 6.45) is 7.34. The number of aromatic nitrogens is 4. The highest BCUT2D eigenvalue weighted by Crippen LogP contribution is 2.41. The van der Waals surface area contributed by atoms with Gasteiger partial charge >= 0.3 is 0 Å². The van der Waals surface area contributed by atoms with Crippen molar-refractivity contribution in [1.29, 1.82) is 0 Å². The SMILES string of the molecule is Cc1cc([C@@H]2[C@@H](c3ccccn3)NC(=S)N2Cc2ccccn2)c(C)n1-c1cccnc1. The molecule has 0 unspecified atom stereocenters. The van der Waals surface area contributed by atoms with Gasteiger partial charge in [0, 0.05) is 30.0 Å². The van der Waals surface area contributed by atoms with Gasteiger partial charge in [-0.25, -0.2) is 0 Å². The Morgan fingerprint density at radius 2 is 1.78 bits per heavy atom. The van der Waals surface area contributed by atoms with Crippen molar-refractivity contribution >= 4 is 17.3 Å². The average molecular weight is 441 g/mol. The van der Waals surface area contributed by atoms with Gasteiger partial charge in [-0.05, 0) is 74.1 Å². The molecule has 1 N–H and O–H groups in total. The lowest BCUT2D eigenvalue weighted by Gasteiger charge is -2.28. The molecule has 7 heteroatoms. The normalized spacial score (nSPS) is 18.1. The zero-order valence-corrected chi connectivity index (χ0v) is 18.8. The van der Waals surface area contributed by atoms with Gasteiger partial charge in [0.05, 0.1) is 41.9 Å². The van der Waals surface area contributed by atoms with Crippen molar-refractivity contribution < 1.29 is 0 Å². The Bertz CT molecular complexity index is 1220. The maximum absolute atomic E-state index is 5.81. The minimum Gasteiger partial charge on any atom is -0.352 e. The molecule has 6 nitrogen and oxygen atoms in total. The number of hydrogen-bond donors (Lipinski definition) is 1. The molecule has 1 aliphatic heterocycles. The first-order valence-electron chi connectivity index (χ1n) is 10.6. The summed E-state index contributed by atoms with van der Waals surface area (Å²) < 4.78 is 2.25. The summed E-state index contributed by atoms with van der Waals surface area (Å²) in [7, 11) is 0. The van der Waals surface area contributed by atoms with E-state index in [-0.39, 0.29) is 12.1 Å². The minimum atomic E-state index is -0.0599. The number of nitrogens with one attached hydrogen (secondary N) is 1. The summed E-state index contributed by atoms with van der Waals surface area (Å²) in [6, 6.07) is 18.2. The second kappa shape index (κ2) is 8.51. The molecule has 0 bridgehead atoms. The fourth-order valence-electron chi connectivity index (χ4n) is 4.55. The predicted octanol–water partition coefficient (Wildman–Crippen LogP) is 4.45. The van der Waals surface area contributed by atoms with E-state index in [1.54, 1.807) is 6.20 Å². The van der Waals surface area contributed by atoms with Crippen LogP contribution < -0.4 is 5.32 Å². The van der Waals surface area contributed by atoms with E-state index >= 15 is 0 Å².